The highest BCUT2D eigenvalue weighted by molar-refractivity contribution is 9.10. The molecular formula is C17H21BrN2O3. The molecule has 1 aromatic rings. The number of esters is 1. The van der Waals surface area contributed by atoms with Crippen molar-refractivity contribution in [1.82, 2.24) is 10.6 Å². The fraction of sp³-hybridized carbons (Fsp3) is 0.412. The smallest absolute Gasteiger partial charge is 0.319 e. The van der Waals surface area contributed by atoms with Gasteiger partial charge in [-0.3, -0.25) is 4.79 Å². The molecule has 1 heterocycles. The molecule has 6 heteroatoms. The zero-order chi connectivity index (χ0) is 16.8. The Morgan fingerprint density at radius 2 is 2.00 bits per heavy atom. The van der Waals surface area contributed by atoms with Gasteiger partial charge in [-0.05, 0) is 24.1 Å². The third kappa shape index (κ3) is 4.58. The van der Waals surface area contributed by atoms with Gasteiger partial charge in [0.1, 0.15) is 5.92 Å². The molecule has 0 aromatic heterocycles. The van der Waals surface area contributed by atoms with Crippen molar-refractivity contribution in [3.63, 3.8) is 0 Å². The Bertz CT molecular complexity index is 586. The zero-order valence-electron chi connectivity index (χ0n) is 13.1. The largest absolute Gasteiger partial charge is 0.465 e. The van der Waals surface area contributed by atoms with Gasteiger partial charge >= 0.3 is 12.0 Å². The highest BCUT2D eigenvalue weighted by Gasteiger charge is 2.38. The van der Waals surface area contributed by atoms with E-state index in [0.29, 0.717) is 12.3 Å². The van der Waals surface area contributed by atoms with Crippen LogP contribution in [0.5, 0.6) is 0 Å². The maximum atomic E-state index is 12.4. The highest BCUT2D eigenvalue weighted by atomic mass is 79.9. The average Bonchev–Trinajstić information content (AvgIpc) is 2.51. The van der Waals surface area contributed by atoms with E-state index in [9.17, 15) is 9.59 Å². The molecule has 1 aliphatic heterocycles. The number of hydrogen-bond donors (Lipinski definition) is 2. The van der Waals surface area contributed by atoms with Crippen molar-refractivity contribution in [2.45, 2.75) is 32.2 Å². The SMILES string of the molecule is C=C1NC(=O)N[C@@H](c2ccc(Br)cc2)[C@@H]1C(=O)OCCCCC. The van der Waals surface area contributed by atoms with E-state index in [0.717, 1.165) is 29.3 Å². The third-order valence-electron chi connectivity index (χ3n) is 3.74. The summed E-state index contributed by atoms with van der Waals surface area (Å²) < 4.78 is 6.29. The number of nitrogens with one attached hydrogen (secondary N) is 2. The maximum Gasteiger partial charge on any atom is 0.319 e. The van der Waals surface area contributed by atoms with E-state index < -0.39 is 12.0 Å². The molecule has 124 valence electrons. The van der Waals surface area contributed by atoms with Crippen LogP contribution < -0.4 is 10.6 Å². The van der Waals surface area contributed by atoms with Crippen LogP contribution >= 0.6 is 15.9 Å². The van der Waals surface area contributed by atoms with E-state index >= 15 is 0 Å². The summed E-state index contributed by atoms with van der Waals surface area (Å²) >= 11 is 3.38. The second-order valence-corrected chi connectivity index (χ2v) is 6.42. The molecule has 0 unspecified atom stereocenters. The number of urea groups is 1. The van der Waals surface area contributed by atoms with Crippen molar-refractivity contribution in [3.8, 4) is 0 Å². The Hall–Kier alpha value is -1.82. The molecular weight excluding hydrogens is 360 g/mol. The van der Waals surface area contributed by atoms with Gasteiger partial charge in [-0.2, -0.15) is 0 Å². The summed E-state index contributed by atoms with van der Waals surface area (Å²) in [7, 11) is 0. The summed E-state index contributed by atoms with van der Waals surface area (Å²) in [5.74, 6) is -1.01. The van der Waals surface area contributed by atoms with Gasteiger partial charge < -0.3 is 15.4 Å². The minimum absolute atomic E-state index is 0.363. The minimum atomic E-state index is -0.643. The Balaban J connectivity index is 2.14. The van der Waals surface area contributed by atoms with E-state index in [1.54, 1.807) is 0 Å². The highest BCUT2D eigenvalue weighted by Crippen LogP contribution is 2.31. The molecule has 5 nitrogen and oxygen atoms in total. The van der Waals surface area contributed by atoms with E-state index in [2.05, 4.69) is 40.1 Å². The zero-order valence-corrected chi connectivity index (χ0v) is 14.7. The summed E-state index contributed by atoms with van der Waals surface area (Å²) in [5.41, 5.74) is 1.20. The first kappa shape index (κ1) is 17.5. The normalized spacial score (nSPS) is 20.6. The van der Waals surface area contributed by atoms with Gasteiger partial charge in [0.15, 0.2) is 0 Å². The first-order valence-corrected chi connectivity index (χ1v) is 8.50. The van der Waals surface area contributed by atoms with Gasteiger partial charge in [0, 0.05) is 10.2 Å². The van der Waals surface area contributed by atoms with Gasteiger partial charge in [-0.1, -0.05) is 54.4 Å². The predicted octanol–water partition coefficient (Wildman–Crippen LogP) is 3.67. The lowest BCUT2D eigenvalue weighted by atomic mass is 9.89. The molecule has 2 rings (SSSR count). The van der Waals surface area contributed by atoms with Crippen LogP contribution in [-0.4, -0.2) is 18.6 Å². The monoisotopic (exact) mass is 380 g/mol. The molecule has 1 aliphatic rings. The first-order chi connectivity index (χ1) is 11.0. The van der Waals surface area contributed by atoms with Crippen LogP contribution in [0, 0.1) is 5.92 Å². The van der Waals surface area contributed by atoms with Crippen LogP contribution in [0.1, 0.15) is 37.8 Å². The van der Waals surface area contributed by atoms with Crippen molar-refractivity contribution in [2.75, 3.05) is 6.61 Å². The quantitative estimate of drug-likeness (QED) is 0.584. The van der Waals surface area contributed by atoms with Crippen LogP contribution in [0.3, 0.4) is 0 Å². The molecule has 2 atom stereocenters. The maximum absolute atomic E-state index is 12.4. The first-order valence-electron chi connectivity index (χ1n) is 7.71. The van der Waals surface area contributed by atoms with Gasteiger partial charge in [-0.25, -0.2) is 4.79 Å². The summed E-state index contributed by atoms with van der Waals surface area (Å²) in [6.07, 6.45) is 2.92. The summed E-state index contributed by atoms with van der Waals surface area (Å²) in [6, 6.07) is 6.63. The molecule has 2 N–H and O–H groups in total. The van der Waals surface area contributed by atoms with Gasteiger partial charge in [0.2, 0.25) is 0 Å². The van der Waals surface area contributed by atoms with Gasteiger partial charge in [0.05, 0.1) is 12.6 Å². The van der Waals surface area contributed by atoms with Crippen molar-refractivity contribution in [2.24, 2.45) is 5.92 Å². The fourth-order valence-corrected chi connectivity index (χ4v) is 2.79. The lowest BCUT2D eigenvalue weighted by Gasteiger charge is -2.33. The topological polar surface area (TPSA) is 67.4 Å². The molecule has 1 fully saturated rings. The summed E-state index contributed by atoms with van der Waals surface area (Å²) in [6.45, 7) is 6.30. The molecule has 0 aliphatic carbocycles. The number of halogens is 1. The van der Waals surface area contributed by atoms with E-state index in [-0.39, 0.29) is 12.0 Å². The molecule has 0 spiro atoms. The third-order valence-corrected chi connectivity index (χ3v) is 4.27. The minimum Gasteiger partial charge on any atom is -0.465 e. The number of hydrogen-bond acceptors (Lipinski definition) is 3. The molecule has 0 radical (unpaired) electrons. The van der Waals surface area contributed by atoms with Crippen LogP contribution in [0.15, 0.2) is 41.0 Å². The van der Waals surface area contributed by atoms with E-state index in [1.807, 2.05) is 24.3 Å². The molecule has 0 saturated carbocycles. The van der Waals surface area contributed by atoms with Crippen molar-refractivity contribution in [3.05, 3.63) is 46.6 Å². The average molecular weight is 381 g/mol. The number of unbranched alkanes of at least 4 members (excludes halogenated alkanes) is 2. The fourth-order valence-electron chi connectivity index (χ4n) is 2.52. The Kier molecular flexibility index (Phi) is 6.21. The number of ether oxygens (including phenoxy) is 1. The molecule has 1 saturated heterocycles. The molecule has 0 bridgehead atoms. The summed E-state index contributed by atoms with van der Waals surface area (Å²) in [5, 5.41) is 5.36. The predicted molar refractivity (Wildman–Crippen MR) is 91.7 cm³/mol. The van der Waals surface area contributed by atoms with Gasteiger partial charge in [-0.15, -0.1) is 0 Å². The standard InChI is InChI=1S/C17H21BrN2O3/c1-3-4-5-10-23-16(21)14-11(2)19-17(22)20-15(14)12-6-8-13(18)9-7-12/h6-9,14-15H,2-5,10H2,1H3,(H2,19,20,22)/t14-,15+/m1/s1. The number of carbonyl (C=O) groups excluding carboxylic acids is 2. The molecule has 1 aromatic carbocycles. The molecule has 2 amide bonds. The summed E-state index contributed by atoms with van der Waals surface area (Å²) in [4.78, 5) is 24.2. The van der Waals surface area contributed by atoms with Crippen molar-refractivity contribution < 1.29 is 14.3 Å². The second-order valence-electron chi connectivity index (χ2n) is 5.51. The lowest BCUT2D eigenvalue weighted by molar-refractivity contribution is -0.148. The van der Waals surface area contributed by atoms with E-state index in [4.69, 9.17) is 4.74 Å². The Labute approximate surface area is 144 Å². The Morgan fingerprint density at radius 3 is 2.65 bits per heavy atom. The number of carbonyl (C=O) groups is 2. The van der Waals surface area contributed by atoms with Gasteiger partial charge in [0.25, 0.3) is 0 Å². The Morgan fingerprint density at radius 1 is 1.30 bits per heavy atom. The number of benzene rings is 1. The van der Waals surface area contributed by atoms with Crippen LogP contribution in [0.4, 0.5) is 4.79 Å². The molecule has 23 heavy (non-hydrogen) atoms. The van der Waals surface area contributed by atoms with Crippen LogP contribution in [-0.2, 0) is 9.53 Å². The number of rotatable bonds is 6. The van der Waals surface area contributed by atoms with E-state index in [1.165, 1.54) is 0 Å². The number of amides is 2. The second kappa shape index (κ2) is 8.15. The van der Waals surface area contributed by atoms with Crippen LogP contribution in [0.25, 0.3) is 0 Å². The van der Waals surface area contributed by atoms with Crippen LogP contribution in [0.2, 0.25) is 0 Å². The lowest BCUT2D eigenvalue weighted by Crippen LogP contribution is -2.51. The van der Waals surface area contributed by atoms with Crippen molar-refractivity contribution in [1.29, 1.82) is 0 Å². The van der Waals surface area contributed by atoms with Crippen molar-refractivity contribution >= 4 is 27.9 Å².